The van der Waals surface area contributed by atoms with Gasteiger partial charge in [0.1, 0.15) is 0 Å². The minimum Gasteiger partial charge on any atom is -0.394 e. The van der Waals surface area contributed by atoms with Gasteiger partial charge in [0.2, 0.25) is 11.8 Å². The number of aliphatic hydroxyl groups is 1. The van der Waals surface area contributed by atoms with Gasteiger partial charge in [-0.2, -0.15) is 0 Å². The second-order valence-corrected chi connectivity index (χ2v) is 3.79. The minimum absolute atomic E-state index is 0.103. The van der Waals surface area contributed by atoms with E-state index >= 15 is 0 Å². The summed E-state index contributed by atoms with van der Waals surface area (Å²) in [5.74, 6) is -0.492. The molecule has 1 heterocycles. The summed E-state index contributed by atoms with van der Waals surface area (Å²) in [6.07, 6.45) is 0.694. The Kier molecular flexibility index (Phi) is 2.28. The summed E-state index contributed by atoms with van der Waals surface area (Å²) >= 11 is 0. The van der Waals surface area contributed by atoms with E-state index in [1.54, 1.807) is 0 Å². The van der Waals surface area contributed by atoms with Crippen molar-refractivity contribution < 1.29 is 19.4 Å². The molecule has 1 aliphatic heterocycles. The van der Waals surface area contributed by atoms with Crippen LogP contribution in [0.15, 0.2) is 0 Å². The molecule has 0 aromatic carbocycles. The van der Waals surface area contributed by atoms with Crippen molar-refractivity contribution in [3.8, 4) is 0 Å². The Morgan fingerprint density at radius 3 is 2.50 bits per heavy atom. The topological polar surface area (TPSA) is 66.8 Å². The van der Waals surface area contributed by atoms with E-state index in [0.717, 1.165) is 0 Å². The van der Waals surface area contributed by atoms with Crippen molar-refractivity contribution in [1.82, 2.24) is 4.90 Å². The molecule has 1 aliphatic carbocycles. The molecular formula is C9H13NO4. The Labute approximate surface area is 81.6 Å². The highest BCUT2D eigenvalue weighted by molar-refractivity contribution is 6.09. The van der Waals surface area contributed by atoms with Gasteiger partial charge >= 0.3 is 0 Å². The third-order valence-corrected chi connectivity index (χ3v) is 2.83. The number of aliphatic hydroxyl groups excluding tert-OH is 1. The van der Waals surface area contributed by atoms with Crippen molar-refractivity contribution in [3.05, 3.63) is 0 Å². The highest BCUT2D eigenvalue weighted by Crippen LogP contribution is 2.47. The number of hydrogen-bond donors (Lipinski definition) is 1. The number of imide groups is 1. The molecule has 3 unspecified atom stereocenters. The van der Waals surface area contributed by atoms with E-state index in [9.17, 15) is 9.59 Å². The molecule has 0 spiro atoms. The van der Waals surface area contributed by atoms with Gasteiger partial charge in [-0.25, -0.2) is 0 Å². The Balaban J connectivity index is 2.09. The predicted octanol–water partition coefficient (Wildman–Crippen LogP) is -1.00. The van der Waals surface area contributed by atoms with Crippen LogP contribution in [0.2, 0.25) is 0 Å². The number of carbonyl (C=O) groups is 2. The lowest BCUT2D eigenvalue weighted by Gasteiger charge is -2.25. The van der Waals surface area contributed by atoms with Crippen molar-refractivity contribution in [2.45, 2.75) is 12.5 Å². The van der Waals surface area contributed by atoms with E-state index in [2.05, 4.69) is 0 Å². The summed E-state index contributed by atoms with van der Waals surface area (Å²) < 4.78 is 4.85. The minimum atomic E-state index is -0.507. The van der Waals surface area contributed by atoms with Gasteiger partial charge in [-0.3, -0.25) is 14.5 Å². The van der Waals surface area contributed by atoms with E-state index in [4.69, 9.17) is 9.84 Å². The molecule has 1 saturated carbocycles. The zero-order chi connectivity index (χ0) is 10.3. The van der Waals surface area contributed by atoms with Crippen LogP contribution in [0, 0.1) is 11.8 Å². The van der Waals surface area contributed by atoms with Crippen LogP contribution in [-0.4, -0.2) is 48.2 Å². The summed E-state index contributed by atoms with van der Waals surface area (Å²) in [5.41, 5.74) is 0. The molecule has 5 heteroatoms. The van der Waals surface area contributed by atoms with Crippen LogP contribution >= 0.6 is 0 Å². The van der Waals surface area contributed by atoms with Crippen LogP contribution < -0.4 is 0 Å². The van der Waals surface area contributed by atoms with Crippen LogP contribution in [0.4, 0.5) is 0 Å². The average Bonchev–Trinajstić information content (AvgIpc) is 2.91. The third kappa shape index (κ3) is 1.24. The molecule has 1 N–H and O–H groups in total. The molecule has 2 rings (SSSR count). The maximum absolute atomic E-state index is 11.6. The maximum Gasteiger partial charge on any atom is 0.233 e. The largest absolute Gasteiger partial charge is 0.394 e. The molecule has 0 radical (unpaired) electrons. The first-order valence-corrected chi connectivity index (χ1v) is 4.67. The molecule has 5 nitrogen and oxygen atoms in total. The quantitative estimate of drug-likeness (QED) is 0.590. The zero-order valence-corrected chi connectivity index (χ0v) is 7.97. The predicted molar refractivity (Wildman–Crippen MR) is 46.2 cm³/mol. The number of rotatable bonds is 4. The number of fused-ring (bicyclic) bond motifs is 1. The Hall–Kier alpha value is -0.940. The van der Waals surface area contributed by atoms with Crippen LogP contribution in [-0.2, 0) is 14.3 Å². The molecule has 2 aliphatic rings. The number of nitrogens with zero attached hydrogens (tertiary/aromatic N) is 1. The van der Waals surface area contributed by atoms with Gasteiger partial charge in [0.15, 0.2) is 0 Å². The van der Waals surface area contributed by atoms with Crippen LogP contribution in [0.3, 0.4) is 0 Å². The first-order chi connectivity index (χ1) is 6.70. The molecule has 1 saturated heterocycles. The normalized spacial score (nSPS) is 32.0. The van der Waals surface area contributed by atoms with Crippen molar-refractivity contribution in [2.75, 3.05) is 20.3 Å². The highest BCUT2D eigenvalue weighted by Gasteiger charge is 2.60. The van der Waals surface area contributed by atoms with Crippen LogP contribution in [0.5, 0.6) is 0 Å². The van der Waals surface area contributed by atoms with E-state index in [1.165, 1.54) is 12.0 Å². The van der Waals surface area contributed by atoms with Gasteiger partial charge in [0, 0.05) is 7.11 Å². The van der Waals surface area contributed by atoms with Crippen molar-refractivity contribution in [3.63, 3.8) is 0 Å². The Bertz CT molecular complexity index is 258. The zero-order valence-electron chi connectivity index (χ0n) is 7.97. The molecule has 14 heavy (non-hydrogen) atoms. The second-order valence-electron chi connectivity index (χ2n) is 3.79. The van der Waals surface area contributed by atoms with Gasteiger partial charge in [0.05, 0.1) is 31.1 Å². The van der Waals surface area contributed by atoms with Gasteiger partial charge in [0.25, 0.3) is 0 Å². The standard InChI is InChI=1S/C9H13NO4/c1-14-4-5(3-11)10-8(12)6-2-7(6)9(10)13/h5-7,11H,2-4H2,1H3. The van der Waals surface area contributed by atoms with E-state index in [1.807, 2.05) is 0 Å². The fourth-order valence-corrected chi connectivity index (χ4v) is 1.97. The van der Waals surface area contributed by atoms with Gasteiger partial charge in [-0.1, -0.05) is 0 Å². The van der Waals surface area contributed by atoms with E-state index < -0.39 is 6.04 Å². The Morgan fingerprint density at radius 2 is 2.07 bits per heavy atom. The summed E-state index contributed by atoms with van der Waals surface area (Å²) in [6.45, 7) is -0.0296. The number of carbonyl (C=O) groups excluding carboxylic acids is 2. The van der Waals surface area contributed by atoms with Crippen LogP contribution in [0.25, 0.3) is 0 Å². The first kappa shape index (κ1) is 9.61. The molecule has 0 aromatic heterocycles. The summed E-state index contributed by atoms with van der Waals surface area (Å²) in [4.78, 5) is 24.3. The lowest BCUT2D eigenvalue weighted by molar-refractivity contribution is -0.146. The third-order valence-electron chi connectivity index (χ3n) is 2.83. The molecule has 2 fully saturated rings. The Morgan fingerprint density at radius 1 is 1.50 bits per heavy atom. The number of piperidine rings is 1. The average molecular weight is 199 g/mol. The van der Waals surface area contributed by atoms with E-state index in [-0.39, 0.29) is 36.9 Å². The maximum atomic E-state index is 11.6. The van der Waals surface area contributed by atoms with Gasteiger partial charge in [-0.15, -0.1) is 0 Å². The lowest BCUT2D eigenvalue weighted by atomic mass is 10.2. The molecule has 78 valence electrons. The molecule has 0 aromatic rings. The summed E-state index contributed by atoms with van der Waals surface area (Å²) in [6, 6.07) is -0.507. The molecular weight excluding hydrogens is 186 g/mol. The fourth-order valence-electron chi connectivity index (χ4n) is 1.97. The number of likely N-dealkylation sites (tertiary alicyclic amines) is 1. The second kappa shape index (κ2) is 3.33. The number of methoxy groups -OCH3 is 1. The van der Waals surface area contributed by atoms with Gasteiger partial charge < -0.3 is 9.84 Å². The molecule has 2 amide bonds. The highest BCUT2D eigenvalue weighted by atomic mass is 16.5. The van der Waals surface area contributed by atoms with Crippen molar-refractivity contribution in [1.29, 1.82) is 0 Å². The molecule has 3 atom stereocenters. The number of hydrogen-bond acceptors (Lipinski definition) is 4. The smallest absolute Gasteiger partial charge is 0.233 e. The van der Waals surface area contributed by atoms with Crippen molar-refractivity contribution >= 4 is 11.8 Å². The van der Waals surface area contributed by atoms with Crippen LogP contribution in [0.1, 0.15) is 6.42 Å². The van der Waals surface area contributed by atoms with E-state index in [0.29, 0.717) is 6.42 Å². The lowest BCUT2D eigenvalue weighted by Crippen LogP contribution is -2.46. The van der Waals surface area contributed by atoms with Crippen molar-refractivity contribution in [2.24, 2.45) is 11.8 Å². The fraction of sp³-hybridized carbons (Fsp3) is 0.778. The number of amides is 2. The SMILES string of the molecule is COCC(CO)N1C(=O)C2CC2C1=O. The first-order valence-electron chi connectivity index (χ1n) is 4.67. The summed E-state index contributed by atoms with van der Waals surface area (Å²) in [7, 11) is 1.48. The summed E-state index contributed by atoms with van der Waals surface area (Å²) in [5, 5.41) is 9.03. The number of ether oxygens (including phenoxy) is 1. The van der Waals surface area contributed by atoms with Gasteiger partial charge in [-0.05, 0) is 6.42 Å². The monoisotopic (exact) mass is 199 g/mol. The molecule has 0 bridgehead atoms.